The summed E-state index contributed by atoms with van der Waals surface area (Å²) >= 11 is 0. The molecule has 0 spiro atoms. The minimum absolute atomic E-state index is 0. The van der Waals surface area contributed by atoms with Gasteiger partial charge in [-0.15, -0.1) is 0 Å². The first-order valence-corrected chi connectivity index (χ1v) is 10.6. The van der Waals surface area contributed by atoms with E-state index in [1.807, 2.05) is 37.5 Å². The Bertz CT molecular complexity index is 1130. The predicted octanol–water partition coefficient (Wildman–Crippen LogP) is 1.22. The molecule has 9 heteroatoms. The van der Waals surface area contributed by atoms with Crippen LogP contribution in [0.25, 0.3) is 28.7 Å². The molecule has 3 N–H and O–H groups in total. The van der Waals surface area contributed by atoms with E-state index in [4.69, 9.17) is 10.1 Å². The molecule has 176 valence electrons. The molecule has 0 aliphatic heterocycles. The Balaban J connectivity index is 0.00000306. The van der Waals surface area contributed by atoms with E-state index in [-0.39, 0.29) is 48.6 Å². The Morgan fingerprint density at radius 2 is 1.74 bits per heavy atom. The summed E-state index contributed by atoms with van der Waals surface area (Å²) in [5, 5.41) is 29.0. The minimum atomic E-state index is -1.17. The molecule has 2 atom stereocenters. The average Bonchev–Trinajstić information content (AvgIpc) is 3.13. The van der Waals surface area contributed by atoms with Gasteiger partial charge in [-0.25, -0.2) is 9.37 Å². The van der Waals surface area contributed by atoms with Crippen molar-refractivity contribution in [2.75, 3.05) is 0 Å². The van der Waals surface area contributed by atoms with Gasteiger partial charge < -0.3 is 21.3 Å². The molecule has 0 fully saturated rings. The number of hydrogen-bond donors (Lipinski definition) is 3. The molecule has 34 heavy (non-hydrogen) atoms. The van der Waals surface area contributed by atoms with E-state index in [0.29, 0.717) is 11.5 Å². The van der Waals surface area contributed by atoms with Crippen LogP contribution in [0.15, 0.2) is 54.9 Å². The summed E-state index contributed by atoms with van der Waals surface area (Å²) in [6.07, 6.45) is 3.72. The molecule has 0 unspecified atom stereocenters. The van der Waals surface area contributed by atoms with Crippen LogP contribution in [0.2, 0.25) is 0 Å². The number of aromatic nitrogens is 3. The fourth-order valence-corrected chi connectivity index (χ4v) is 3.53. The first-order valence-electron chi connectivity index (χ1n) is 10.6. The largest absolute Gasteiger partial charge is 1.00 e. The molecule has 0 bridgehead atoms. The number of aliphatic hydroxyl groups excluding tert-OH is 2. The van der Waals surface area contributed by atoms with Crippen molar-refractivity contribution in [3.05, 3.63) is 66.5 Å². The Morgan fingerprint density at radius 1 is 1.12 bits per heavy atom. The molecule has 3 aromatic rings. The SMILES string of the molecule is CC(C)(C)c1nc(-c2ccc(F)cc2)c(-c2ccncc2)n1C=C[C@H](O)C[C@H](O)CC(=O)O.[H-].[Na+]. The number of aliphatic hydroxyl groups is 2. The van der Waals surface area contributed by atoms with E-state index in [1.54, 1.807) is 30.7 Å². The third-order valence-electron chi connectivity index (χ3n) is 5.03. The van der Waals surface area contributed by atoms with Crippen LogP contribution < -0.4 is 29.6 Å². The second-order valence-corrected chi connectivity index (χ2v) is 8.89. The maximum Gasteiger partial charge on any atom is 1.00 e. The zero-order valence-corrected chi connectivity index (χ0v) is 21.8. The fourth-order valence-electron chi connectivity index (χ4n) is 3.53. The van der Waals surface area contributed by atoms with Crippen LogP contribution in [-0.2, 0) is 10.2 Å². The molecule has 0 amide bonds. The van der Waals surface area contributed by atoms with Crippen LogP contribution in [-0.4, -0.2) is 48.0 Å². The van der Waals surface area contributed by atoms with E-state index in [1.165, 1.54) is 18.2 Å². The van der Waals surface area contributed by atoms with Crippen molar-refractivity contribution in [2.45, 2.75) is 51.2 Å². The standard InChI is InChI=1S/C25H28FN3O4.Na.H/c1-25(2,3)24-28-22(16-4-6-18(26)7-5-16)23(17-8-11-27-12-9-17)29(24)13-10-19(30)14-20(31)15-21(32)33;;/h4-13,19-20,30-31H,14-15H2,1-3H3,(H,32,33);;/q;+1;-1/t19-,20-;;/m0../s1. The molecule has 1 aromatic carbocycles. The van der Waals surface area contributed by atoms with Gasteiger partial charge in [-0.1, -0.05) is 20.8 Å². The molecule has 7 nitrogen and oxygen atoms in total. The molecule has 0 aliphatic carbocycles. The zero-order chi connectivity index (χ0) is 24.2. The maximum atomic E-state index is 13.6. The number of hydrogen-bond acceptors (Lipinski definition) is 5. The van der Waals surface area contributed by atoms with Crippen molar-refractivity contribution in [3.63, 3.8) is 0 Å². The van der Waals surface area contributed by atoms with Gasteiger partial charge in [0.25, 0.3) is 0 Å². The summed E-state index contributed by atoms with van der Waals surface area (Å²) in [6, 6.07) is 9.78. The van der Waals surface area contributed by atoms with Crippen molar-refractivity contribution in [2.24, 2.45) is 0 Å². The minimum Gasteiger partial charge on any atom is -1.00 e. The van der Waals surface area contributed by atoms with Gasteiger partial charge in [0.15, 0.2) is 0 Å². The van der Waals surface area contributed by atoms with Gasteiger partial charge in [0.2, 0.25) is 0 Å². The van der Waals surface area contributed by atoms with E-state index >= 15 is 0 Å². The van der Waals surface area contributed by atoms with Crippen molar-refractivity contribution >= 4 is 12.2 Å². The molecular formula is C25H29FN3NaO4. The Morgan fingerprint density at radius 3 is 2.29 bits per heavy atom. The number of nitrogens with zero attached hydrogens (tertiary/aromatic N) is 3. The first-order chi connectivity index (χ1) is 15.6. The predicted molar refractivity (Wildman–Crippen MR) is 125 cm³/mol. The number of aliphatic carboxylic acids is 1. The monoisotopic (exact) mass is 477 g/mol. The second kappa shape index (κ2) is 11.9. The van der Waals surface area contributed by atoms with E-state index in [2.05, 4.69) is 4.98 Å². The smallest absolute Gasteiger partial charge is 1.00 e. The number of pyridine rings is 1. The summed E-state index contributed by atoms with van der Waals surface area (Å²) < 4.78 is 15.4. The number of rotatable bonds is 8. The molecule has 0 saturated heterocycles. The van der Waals surface area contributed by atoms with E-state index in [9.17, 15) is 19.4 Å². The number of imidazole rings is 1. The van der Waals surface area contributed by atoms with Crippen LogP contribution in [0.4, 0.5) is 4.39 Å². The summed E-state index contributed by atoms with van der Waals surface area (Å²) in [7, 11) is 0. The van der Waals surface area contributed by atoms with Gasteiger partial charge in [0.1, 0.15) is 11.6 Å². The van der Waals surface area contributed by atoms with Crippen molar-refractivity contribution in [1.29, 1.82) is 0 Å². The van der Waals surface area contributed by atoms with Crippen LogP contribution in [0.5, 0.6) is 0 Å². The topological polar surface area (TPSA) is 108 Å². The van der Waals surface area contributed by atoms with Crippen molar-refractivity contribution in [1.82, 2.24) is 14.5 Å². The normalized spacial score (nSPS) is 13.5. The quantitative estimate of drug-likeness (QED) is 0.421. The summed E-state index contributed by atoms with van der Waals surface area (Å²) in [4.78, 5) is 19.8. The van der Waals surface area contributed by atoms with Gasteiger partial charge >= 0.3 is 35.5 Å². The number of carbonyl (C=O) groups is 1. The summed E-state index contributed by atoms with van der Waals surface area (Å²) in [6.45, 7) is 6.03. The molecule has 0 radical (unpaired) electrons. The third kappa shape index (κ3) is 7.07. The molecule has 0 saturated carbocycles. The van der Waals surface area contributed by atoms with Gasteiger partial charge in [0, 0.05) is 41.6 Å². The van der Waals surface area contributed by atoms with Crippen molar-refractivity contribution in [3.8, 4) is 22.5 Å². The zero-order valence-electron chi connectivity index (χ0n) is 20.8. The van der Waals surface area contributed by atoms with Crippen LogP contribution >= 0.6 is 0 Å². The number of carboxylic acid groups (broad SMARTS) is 1. The first kappa shape index (κ1) is 27.9. The number of carboxylic acids is 1. The fraction of sp³-hybridized carbons (Fsp3) is 0.320. The third-order valence-corrected chi connectivity index (χ3v) is 5.03. The van der Waals surface area contributed by atoms with Gasteiger partial charge in [0.05, 0.1) is 30.0 Å². The Kier molecular flexibility index (Phi) is 9.73. The van der Waals surface area contributed by atoms with Crippen LogP contribution in [0.3, 0.4) is 0 Å². The van der Waals surface area contributed by atoms with E-state index in [0.717, 1.165) is 16.8 Å². The average molecular weight is 478 g/mol. The second-order valence-electron chi connectivity index (χ2n) is 8.89. The van der Waals surface area contributed by atoms with Crippen LogP contribution in [0.1, 0.15) is 40.9 Å². The molecule has 3 rings (SSSR count). The maximum absolute atomic E-state index is 13.6. The van der Waals surface area contributed by atoms with Gasteiger partial charge in [-0.05, 0) is 42.5 Å². The molecule has 2 heterocycles. The van der Waals surface area contributed by atoms with Gasteiger partial charge in [-0.2, -0.15) is 0 Å². The Hall–Kier alpha value is -2.36. The summed E-state index contributed by atoms with van der Waals surface area (Å²) in [5.41, 5.74) is 2.58. The van der Waals surface area contributed by atoms with Gasteiger partial charge in [-0.3, -0.25) is 9.78 Å². The Labute approximate surface area is 221 Å². The van der Waals surface area contributed by atoms with Crippen LogP contribution in [0, 0.1) is 5.82 Å². The molecule has 2 aromatic heterocycles. The number of halogens is 1. The summed E-state index contributed by atoms with van der Waals surface area (Å²) in [5.74, 6) is -0.766. The molecular weight excluding hydrogens is 448 g/mol. The van der Waals surface area contributed by atoms with Crippen molar-refractivity contribution < 1.29 is 55.5 Å². The van der Waals surface area contributed by atoms with E-state index < -0.39 is 24.6 Å². The molecule has 0 aliphatic rings. The number of benzene rings is 1.